The predicted molar refractivity (Wildman–Crippen MR) is 149 cm³/mol. The molecule has 0 aromatic heterocycles. The number of hydrogen-bond donors (Lipinski definition) is 2. The van der Waals surface area contributed by atoms with Crippen molar-refractivity contribution < 1.29 is 14.3 Å². The molecule has 5 aromatic carbocycles. The van der Waals surface area contributed by atoms with Crippen LogP contribution in [0.25, 0.3) is 21.5 Å². The number of nitrogens with one attached hydrogen (secondary N) is 2. The van der Waals surface area contributed by atoms with Crippen LogP contribution in [0.3, 0.4) is 0 Å². The molecule has 0 radical (unpaired) electrons. The van der Waals surface area contributed by atoms with Gasteiger partial charge in [0.05, 0.1) is 19.9 Å². The summed E-state index contributed by atoms with van der Waals surface area (Å²) in [6.07, 6.45) is 1.58. The van der Waals surface area contributed by atoms with Gasteiger partial charge in [-0.1, -0.05) is 78.9 Å². The minimum atomic E-state index is -0.244. The Kier molecular flexibility index (Phi) is 7.27. The molecule has 0 atom stereocenters. The van der Waals surface area contributed by atoms with E-state index in [2.05, 4.69) is 40.1 Å². The number of ether oxygens (including phenoxy) is 2. The molecule has 0 bridgehead atoms. The van der Waals surface area contributed by atoms with E-state index >= 15 is 0 Å². The van der Waals surface area contributed by atoms with Crippen LogP contribution in [0.15, 0.2) is 108 Å². The number of anilines is 1. The fourth-order valence-electron chi connectivity index (χ4n) is 4.23. The van der Waals surface area contributed by atoms with Crippen molar-refractivity contribution in [3.63, 3.8) is 0 Å². The quantitative estimate of drug-likeness (QED) is 0.193. The molecule has 0 unspecified atom stereocenters. The van der Waals surface area contributed by atoms with E-state index in [0.29, 0.717) is 18.1 Å². The van der Waals surface area contributed by atoms with E-state index in [1.165, 1.54) is 10.8 Å². The van der Waals surface area contributed by atoms with Gasteiger partial charge in [-0.05, 0) is 51.6 Å². The number of hydrogen-bond acceptors (Lipinski definition) is 5. The van der Waals surface area contributed by atoms with Gasteiger partial charge in [-0.25, -0.2) is 5.43 Å². The smallest absolute Gasteiger partial charge is 0.259 e. The lowest BCUT2D eigenvalue weighted by Crippen LogP contribution is -2.25. The van der Waals surface area contributed by atoms with Crippen molar-refractivity contribution >= 4 is 39.4 Å². The molecule has 0 aliphatic carbocycles. The molecule has 0 saturated carbocycles. The Bertz CT molecular complexity index is 1570. The average Bonchev–Trinajstić information content (AvgIpc) is 2.95. The van der Waals surface area contributed by atoms with Gasteiger partial charge in [0.1, 0.15) is 6.61 Å². The fraction of sp³-hybridized carbons (Fsp3) is 0.0968. The Balaban J connectivity index is 1.18. The molecule has 0 spiro atoms. The number of nitrogens with zero attached hydrogens (tertiary/aromatic N) is 1. The Morgan fingerprint density at radius 3 is 2.32 bits per heavy atom. The summed E-state index contributed by atoms with van der Waals surface area (Å²) < 4.78 is 11.6. The van der Waals surface area contributed by atoms with Crippen LogP contribution in [0.4, 0.5) is 5.69 Å². The molecule has 1 amide bonds. The van der Waals surface area contributed by atoms with Gasteiger partial charge in [0.2, 0.25) is 0 Å². The molecule has 6 heteroatoms. The largest absolute Gasteiger partial charge is 0.493 e. The lowest BCUT2D eigenvalue weighted by atomic mass is 10.1. The number of carbonyl (C=O) groups excluding carboxylic acids is 1. The molecule has 0 heterocycles. The minimum Gasteiger partial charge on any atom is -0.493 e. The summed E-state index contributed by atoms with van der Waals surface area (Å²) in [5, 5.41) is 11.8. The molecule has 6 nitrogen and oxygen atoms in total. The van der Waals surface area contributed by atoms with Crippen LogP contribution in [0.2, 0.25) is 0 Å². The van der Waals surface area contributed by atoms with Gasteiger partial charge in [0.15, 0.2) is 11.5 Å². The first-order valence-electron chi connectivity index (χ1n) is 12.0. The third-order valence-electron chi connectivity index (χ3n) is 6.08. The lowest BCUT2D eigenvalue weighted by Gasteiger charge is -2.12. The second-order valence-electron chi connectivity index (χ2n) is 8.51. The molecule has 0 saturated heterocycles. The minimum absolute atomic E-state index is 0.107. The summed E-state index contributed by atoms with van der Waals surface area (Å²) in [5.41, 5.74) is 5.34. The highest BCUT2D eigenvalue weighted by Crippen LogP contribution is 2.29. The molecule has 0 fully saturated rings. The summed E-state index contributed by atoms with van der Waals surface area (Å²) in [6.45, 7) is 0.528. The van der Waals surface area contributed by atoms with Gasteiger partial charge in [0.25, 0.3) is 5.91 Å². The molecule has 5 rings (SSSR count). The van der Waals surface area contributed by atoms with Crippen LogP contribution in [-0.4, -0.2) is 25.8 Å². The van der Waals surface area contributed by atoms with Crippen LogP contribution >= 0.6 is 0 Å². The van der Waals surface area contributed by atoms with Gasteiger partial charge in [-0.15, -0.1) is 0 Å². The summed E-state index contributed by atoms with van der Waals surface area (Å²) in [5.74, 6) is 0.982. The third kappa shape index (κ3) is 5.70. The van der Waals surface area contributed by atoms with Crippen molar-refractivity contribution in [1.29, 1.82) is 0 Å². The molecule has 0 aliphatic heterocycles. The first-order chi connectivity index (χ1) is 18.2. The zero-order chi connectivity index (χ0) is 25.5. The maximum atomic E-state index is 12.3. The Hall–Kier alpha value is -4.84. The molecule has 0 aliphatic rings. The van der Waals surface area contributed by atoms with Crippen LogP contribution in [-0.2, 0) is 11.4 Å². The van der Waals surface area contributed by atoms with E-state index in [1.54, 1.807) is 13.3 Å². The monoisotopic (exact) mass is 489 g/mol. The summed E-state index contributed by atoms with van der Waals surface area (Å²) in [7, 11) is 1.60. The van der Waals surface area contributed by atoms with Gasteiger partial charge in [-0.2, -0.15) is 5.10 Å². The normalized spacial score (nSPS) is 11.1. The SMILES string of the molecule is COc1cc(/C=N\NC(=O)CNc2cccc3ccccc23)ccc1OCc1cccc2ccccc12. The van der Waals surface area contributed by atoms with E-state index in [1.807, 2.05) is 78.9 Å². The van der Waals surface area contributed by atoms with Crippen LogP contribution in [0.1, 0.15) is 11.1 Å². The number of methoxy groups -OCH3 is 1. The molecule has 37 heavy (non-hydrogen) atoms. The first kappa shape index (κ1) is 23.9. The van der Waals surface area contributed by atoms with E-state index in [4.69, 9.17) is 9.47 Å². The molecular weight excluding hydrogens is 462 g/mol. The maximum absolute atomic E-state index is 12.3. The van der Waals surface area contributed by atoms with E-state index in [-0.39, 0.29) is 12.5 Å². The fourth-order valence-corrected chi connectivity index (χ4v) is 4.23. The predicted octanol–water partition coefficient (Wildman–Crippen LogP) is 6.14. The lowest BCUT2D eigenvalue weighted by molar-refractivity contribution is -0.119. The number of rotatable bonds is 9. The Labute approximate surface area is 215 Å². The van der Waals surface area contributed by atoms with Gasteiger partial charge in [-0.3, -0.25) is 4.79 Å². The number of fused-ring (bicyclic) bond motifs is 2. The summed E-state index contributed by atoms with van der Waals surface area (Å²) >= 11 is 0. The second-order valence-corrected chi connectivity index (χ2v) is 8.51. The van der Waals surface area contributed by atoms with E-state index in [9.17, 15) is 4.79 Å². The highest BCUT2D eigenvalue weighted by Gasteiger charge is 2.08. The van der Waals surface area contributed by atoms with Crippen molar-refractivity contribution in [3.05, 3.63) is 114 Å². The van der Waals surface area contributed by atoms with Gasteiger partial charge < -0.3 is 14.8 Å². The molecular formula is C31H27N3O3. The number of benzene rings is 5. The van der Waals surface area contributed by atoms with Crippen molar-refractivity contribution in [2.75, 3.05) is 19.0 Å². The first-order valence-corrected chi connectivity index (χ1v) is 12.0. The third-order valence-corrected chi connectivity index (χ3v) is 6.08. The van der Waals surface area contributed by atoms with Crippen LogP contribution in [0, 0.1) is 0 Å². The number of amides is 1. The summed E-state index contributed by atoms with van der Waals surface area (Å²) in [6, 6.07) is 33.9. The van der Waals surface area contributed by atoms with Crippen molar-refractivity contribution in [1.82, 2.24) is 5.43 Å². The standard InChI is InChI=1S/C31H27N3O3/c1-36-30-18-22(16-17-29(30)37-21-25-12-6-10-23-8-2-4-13-26(23)25)19-33-34-31(35)20-32-28-15-7-11-24-9-3-5-14-27(24)28/h2-19,32H,20-21H2,1H3,(H,34,35)/b33-19-. The van der Waals surface area contributed by atoms with Crippen LogP contribution in [0.5, 0.6) is 11.5 Å². The molecule has 5 aromatic rings. The van der Waals surface area contributed by atoms with Crippen molar-refractivity contribution in [2.45, 2.75) is 6.61 Å². The summed E-state index contributed by atoms with van der Waals surface area (Å²) in [4.78, 5) is 12.3. The zero-order valence-corrected chi connectivity index (χ0v) is 20.5. The topological polar surface area (TPSA) is 72.0 Å². The number of carbonyl (C=O) groups is 1. The van der Waals surface area contributed by atoms with E-state index < -0.39 is 0 Å². The van der Waals surface area contributed by atoms with Crippen LogP contribution < -0.4 is 20.2 Å². The molecule has 184 valence electrons. The maximum Gasteiger partial charge on any atom is 0.259 e. The average molecular weight is 490 g/mol. The zero-order valence-electron chi connectivity index (χ0n) is 20.5. The number of hydrazone groups is 1. The highest BCUT2D eigenvalue weighted by atomic mass is 16.5. The van der Waals surface area contributed by atoms with Crippen molar-refractivity contribution in [2.24, 2.45) is 5.10 Å². The van der Waals surface area contributed by atoms with Gasteiger partial charge >= 0.3 is 0 Å². The van der Waals surface area contributed by atoms with Gasteiger partial charge in [0, 0.05) is 11.1 Å². The highest BCUT2D eigenvalue weighted by molar-refractivity contribution is 5.95. The second kappa shape index (κ2) is 11.3. The van der Waals surface area contributed by atoms with E-state index in [0.717, 1.165) is 27.6 Å². The molecule has 2 N–H and O–H groups in total. The Morgan fingerprint density at radius 1 is 0.811 bits per heavy atom. The Morgan fingerprint density at radius 2 is 1.51 bits per heavy atom. The van der Waals surface area contributed by atoms with Crippen molar-refractivity contribution in [3.8, 4) is 11.5 Å².